The molecule has 1 N–H and O–H groups in total. The van der Waals surface area contributed by atoms with Crippen molar-refractivity contribution in [3.8, 4) is 5.75 Å². The number of carbonyl (C=O) groups excluding carboxylic acids is 1. The van der Waals surface area contributed by atoms with Crippen LogP contribution in [0, 0.1) is 5.82 Å². The van der Waals surface area contributed by atoms with Crippen molar-refractivity contribution < 1.29 is 13.9 Å². The molecule has 1 aromatic rings. The second-order valence-corrected chi connectivity index (χ2v) is 4.12. The Balaban J connectivity index is 2.84. The molecule has 0 saturated heterocycles. The summed E-state index contributed by atoms with van der Waals surface area (Å²) in [5, 5.41) is 2.96. The molecule has 0 fully saturated rings. The summed E-state index contributed by atoms with van der Waals surface area (Å²) in [4.78, 5) is 10.8. The highest BCUT2D eigenvalue weighted by Gasteiger charge is 2.08. The maximum atomic E-state index is 13.5. The zero-order valence-corrected chi connectivity index (χ0v) is 10.9. The molecule has 0 aliphatic rings. The minimum atomic E-state index is -0.405. The standard InChI is InChI=1S/C14H18FNO2/c1-10(17)4-5-12-6-7-13(15)14(8-12)18-11(2)9-16-3/h4-8,11,16H,9H2,1-3H3/b5-4+/t11-/m1/s1. The summed E-state index contributed by atoms with van der Waals surface area (Å²) < 4.78 is 19.0. The maximum absolute atomic E-state index is 13.5. The Labute approximate surface area is 107 Å². The minimum Gasteiger partial charge on any atom is -0.486 e. The molecular weight excluding hydrogens is 233 g/mol. The molecule has 0 heterocycles. The summed E-state index contributed by atoms with van der Waals surface area (Å²) in [5.74, 6) is -0.258. The molecule has 0 aliphatic carbocycles. The van der Waals surface area contributed by atoms with Gasteiger partial charge >= 0.3 is 0 Å². The molecule has 0 amide bonds. The molecule has 0 aliphatic heterocycles. The van der Waals surface area contributed by atoms with E-state index in [0.29, 0.717) is 6.54 Å². The van der Waals surface area contributed by atoms with Crippen LogP contribution in [-0.4, -0.2) is 25.5 Å². The molecule has 1 atom stereocenters. The van der Waals surface area contributed by atoms with Crippen molar-refractivity contribution in [2.75, 3.05) is 13.6 Å². The molecule has 0 aromatic heterocycles. The number of benzene rings is 1. The van der Waals surface area contributed by atoms with Crippen molar-refractivity contribution in [3.63, 3.8) is 0 Å². The zero-order chi connectivity index (χ0) is 13.5. The van der Waals surface area contributed by atoms with Gasteiger partial charge in [-0.1, -0.05) is 12.1 Å². The lowest BCUT2D eigenvalue weighted by molar-refractivity contribution is -0.112. The van der Waals surface area contributed by atoms with E-state index >= 15 is 0 Å². The Morgan fingerprint density at radius 3 is 2.89 bits per heavy atom. The van der Waals surface area contributed by atoms with Gasteiger partial charge in [0.1, 0.15) is 6.10 Å². The van der Waals surface area contributed by atoms with Crippen molar-refractivity contribution in [2.24, 2.45) is 0 Å². The lowest BCUT2D eigenvalue weighted by Gasteiger charge is -2.15. The normalized spacial score (nSPS) is 12.7. The summed E-state index contributed by atoms with van der Waals surface area (Å²) in [6.07, 6.45) is 2.95. The topological polar surface area (TPSA) is 38.3 Å². The fraction of sp³-hybridized carbons (Fsp3) is 0.357. The lowest BCUT2D eigenvalue weighted by atomic mass is 10.2. The summed E-state index contributed by atoms with van der Waals surface area (Å²) in [6, 6.07) is 4.52. The predicted octanol–water partition coefficient (Wildman–Crippen LogP) is 2.41. The SMILES string of the molecule is CNC[C@@H](C)Oc1cc(/C=C/C(C)=O)ccc1F. The number of carbonyl (C=O) groups is 1. The van der Waals surface area contributed by atoms with Gasteiger partial charge in [-0.25, -0.2) is 4.39 Å². The molecule has 98 valence electrons. The van der Waals surface area contributed by atoms with E-state index in [4.69, 9.17) is 4.74 Å². The van der Waals surface area contributed by atoms with Crippen LogP contribution in [0.5, 0.6) is 5.75 Å². The van der Waals surface area contributed by atoms with E-state index in [1.807, 2.05) is 14.0 Å². The van der Waals surface area contributed by atoms with E-state index in [-0.39, 0.29) is 17.6 Å². The second-order valence-electron chi connectivity index (χ2n) is 4.12. The minimum absolute atomic E-state index is 0.0506. The van der Waals surface area contributed by atoms with E-state index < -0.39 is 5.82 Å². The number of likely N-dealkylation sites (N-methyl/N-ethyl adjacent to an activating group) is 1. The smallest absolute Gasteiger partial charge is 0.165 e. The van der Waals surface area contributed by atoms with Crippen LogP contribution >= 0.6 is 0 Å². The van der Waals surface area contributed by atoms with Crippen LogP contribution in [0.15, 0.2) is 24.3 Å². The summed E-state index contributed by atoms with van der Waals surface area (Å²) in [6.45, 7) is 3.95. The molecule has 0 spiro atoms. The molecule has 0 radical (unpaired) electrons. The highest BCUT2D eigenvalue weighted by atomic mass is 19.1. The Bertz CT molecular complexity index is 443. The molecule has 18 heavy (non-hydrogen) atoms. The van der Waals surface area contributed by atoms with Crippen LogP contribution < -0.4 is 10.1 Å². The van der Waals surface area contributed by atoms with Gasteiger partial charge in [0, 0.05) is 6.54 Å². The summed E-state index contributed by atoms with van der Waals surface area (Å²) >= 11 is 0. The largest absolute Gasteiger partial charge is 0.486 e. The van der Waals surface area contributed by atoms with Crippen LogP contribution in [-0.2, 0) is 4.79 Å². The van der Waals surface area contributed by atoms with Gasteiger partial charge in [-0.3, -0.25) is 4.79 Å². The van der Waals surface area contributed by atoms with Gasteiger partial charge in [0.15, 0.2) is 17.3 Å². The third kappa shape index (κ3) is 4.67. The highest BCUT2D eigenvalue weighted by Crippen LogP contribution is 2.20. The monoisotopic (exact) mass is 251 g/mol. The van der Waals surface area contributed by atoms with Gasteiger partial charge in [0.2, 0.25) is 0 Å². The van der Waals surface area contributed by atoms with Gasteiger partial charge in [-0.05, 0) is 44.7 Å². The molecule has 0 saturated carbocycles. The number of ether oxygens (including phenoxy) is 1. The number of hydrogen-bond donors (Lipinski definition) is 1. The summed E-state index contributed by atoms with van der Waals surface area (Å²) in [7, 11) is 1.81. The third-order valence-corrected chi connectivity index (χ3v) is 2.29. The van der Waals surface area contributed by atoms with E-state index in [2.05, 4.69) is 5.32 Å². The number of ketones is 1. The van der Waals surface area contributed by atoms with Crippen LogP contribution in [0.25, 0.3) is 6.08 Å². The van der Waals surface area contributed by atoms with Crippen molar-refractivity contribution in [1.82, 2.24) is 5.32 Å². The summed E-state index contributed by atoms with van der Waals surface area (Å²) in [5.41, 5.74) is 0.734. The number of allylic oxidation sites excluding steroid dienone is 1. The van der Waals surface area contributed by atoms with Gasteiger partial charge in [0.25, 0.3) is 0 Å². The Morgan fingerprint density at radius 2 is 2.28 bits per heavy atom. The first-order valence-electron chi connectivity index (χ1n) is 5.82. The fourth-order valence-electron chi connectivity index (χ4n) is 1.47. The molecule has 3 nitrogen and oxygen atoms in total. The zero-order valence-electron chi connectivity index (χ0n) is 10.9. The second kappa shape index (κ2) is 6.91. The number of rotatable bonds is 6. The predicted molar refractivity (Wildman–Crippen MR) is 70.1 cm³/mol. The molecule has 0 unspecified atom stereocenters. The van der Waals surface area contributed by atoms with Crippen molar-refractivity contribution >= 4 is 11.9 Å². The lowest BCUT2D eigenvalue weighted by Crippen LogP contribution is -2.26. The number of nitrogens with one attached hydrogen (secondary N) is 1. The van der Waals surface area contributed by atoms with Crippen molar-refractivity contribution in [2.45, 2.75) is 20.0 Å². The number of halogens is 1. The molecule has 1 aromatic carbocycles. The first-order valence-corrected chi connectivity index (χ1v) is 5.82. The Hall–Kier alpha value is -1.68. The highest BCUT2D eigenvalue weighted by molar-refractivity contribution is 5.91. The van der Waals surface area contributed by atoms with E-state index in [0.717, 1.165) is 5.56 Å². The maximum Gasteiger partial charge on any atom is 0.165 e. The third-order valence-electron chi connectivity index (χ3n) is 2.29. The van der Waals surface area contributed by atoms with Crippen LogP contribution in [0.3, 0.4) is 0 Å². The first-order chi connectivity index (χ1) is 8.52. The fourth-order valence-corrected chi connectivity index (χ4v) is 1.47. The van der Waals surface area contributed by atoms with E-state index in [1.54, 1.807) is 18.2 Å². The van der Waals surface area contributed by atoms with Crippen LogP contribution in [0.4, 0.5) is 4.39 Å². The van der Waals surface area contributed by atoms with Crippen molar-refractivity contribution in [3.05, 3.63) is 35.7 Å². The average Bonchev–Trinajstić information content (AvgIpc) is 2.30. The molecule has 0 bridgehead atoms. The van der Waals surface area contributed by atoms with Gasteiger partial charge in [-0.15, -0.1) is 0 Å². The molecule has 1 rings (SSSR count). The van der Waals surface area contributed by atoms with Crippen LogP contribution in [0.2, 0.25) is 0 Å². The van der Waals surface area contributed by atoms with E-state index in [9.17, 15) is 9.18 Å². The Kier molecular flexibility index (Phi) is 5.52. The Morgan fingerprint density at radius 1 is 1.56 bits per heavy atom. The van der Waals surface area contributed by atoms with Crippen LogP contribution in [0.1, 0.15) is 19.4 Å². The molecule has 4 heteroatoms. The quantitative estimate of drug-likeness (QED) is 0.789. The molecular formula is C14H18FNO2. The first kappa shape index (κ1) is 14.4. The van der Waals surface area contributed by atoms with Gasteiger partial charge in [-0.2, -0.15) is 0 Å². The van der Waals surface area contributed by atoms with Gasteiger partial charge in [0.05, 0.1) is 0 Å². The van der Waals surface area contributed by atoms with Crippen molar-refractivity contribution in [1.29, 1.82) is 0 Å². The number of hydrogen-bond acceptors (Lipinski definition) is 3. The average molecular weight is 251 g/mol. The van der Waals surface area contributed by atoms with Gasteiger partial charge < -0.3 is 10.1 Å². The van der Waals surface area contributed by atoms with E-state index in [1.165, 1.54) is 19.1 Å².